The van der Waals surface area contributed by atoms with Gasteiger partial charge >= 0.3 is 0 Å². The van der Waals surface area contributed by atoms with E-state index in [-0.39, 0.29) is 5.92 Å². The highest BCUT2D eigenvalue weighted by molar-refractivity contribution is 4.94. The fraction of sp³-hybridized carbons (Fsp3) is 0.941. The predicted molar refractivity (Wildman–Crippen MR) is 85.6 cm³/mol. The number of hydrogen-bond acceptors (Lipinski definition) is 3. The fourth-order valence-electron chi connectivity index (χ4n) is 3.47. The van der Waals surface area contributed by atoms with Crippen LogP contribution in [-0.2, 0) is 0 Å². The van der Waals surface area contributed by atoms with Crippen molar-refractivity contribution in [2.45, 2.75) is 65.3 Å². The van der Waals surface area contributed by atoms with E-state index in [0.29, 0.717) is 6.04 Å². The third-order valence-electron chi connectivity index (χ3n) is 4.83. The predicted octanol–water partition coefficient (Wildman–Crippen LogP) is 3.51. The lowest BCUT2D eigenvalue weighted by molar-refractivity contribution is 0.151. The molecule has 1 rings (SSSR count). The minimum atomic E-state index is 0.255. The van der Waals surface area contributed by atoms with Crippen LogP contribution in [-0.4, -0.2) is 48.6 Å². The van der Waals surface area contributed by atoms with Gasteiger partial charge in [0.15, 0.2) is 0 Å². The molecule has 1 saturated carbocycles. The van der Waals surface area contributed by atoms with Gasteiger partial charge in [-0.1, -0.05) is 40.0 Å². The van der Waals surface area contributed by atoms with E-state index in [1.54, 1.807) is 0 Å². The third-order valence-corrected chi connectivity index (χ3v) is 4.83. The first-order chi connectivity index (χ1) is 9.76. The van der Waals surface area contributed by atoms with Crippen molar-refractivity contribution in [3.63, 3.8) is 0 Å². The van der Waals surface area contributed by atoms with Crippen LogP contribution in [0, 0.1) is 17.2 Å². The molecule has 0 bridgehead atoms. The number of nitrogens with zero attached hydrogens (tertiary/aromatic N) is 3. The summed E-state index contributed by atoms with van der Waals surface area (Å²) < 4.78 is 0. The van der Waals surface area contributed by atoms with Gasteiger partial charge in [-0.25, -0.2) is 0 Å². The van der Waals surface area contributed by atoms with Gasteiger partial charge in [-0.15, -0.1) is 0 Å². The van der Waals surface area contributed by atoms with Crippen molar-refractivity contribution < 1.29 is 0 Å². The molecule has 0 saturated heterocycles. The van der Waals surface area contributed by atoms with E-state index in [1.165, 1.54) is 38.6 Å². The molecule has 0 N–H and O–H groups in total. The molecule has 1 aliphatic carbocycles. The maximum absolute atomic E-state index is 9.44. The molecule has 0 radical (unpaired) electrons. The summed E-state index contributed by atoms with van der Waals surface area (Å²) in [5.41, 5.74) is 0. The van der Waals surface area contributed by atoms with E-state index < -0.39 is 0 Å². The largest absolute Gasteiger partial charge is 0.304 e. The molecule has 3 nitrogen and oxygen atoms in total. The third kappa shape index (κ3) is 5.42. The topological polar surface area (TPSA) is 30.3 Å². The summed E-state index contributed by atoms with van der Waals surface area (Å²) in [6.07, 6.45) is 7.40. The van der Waals surface area contributed by atoms with E-state index in [4.69, 9.17) is 0 Å². The maximum Gasteiger partial charge on any atom is 0.0672 e. The van der Waals surface area contributed by atoms with Gasteiger partial charge in [0.1, 0.15) is 0 Å². The van der Waals surface area contributed by atoms with E-state index in [9.17, 15) is 5.26 Å². The monoisotopic (exact) mass is 279 g/mol. The second-order valence-electron chi connectivity index (χ2n) is 5.95. The molecular formula is C17H33N3. The van der Waals surface area contributed by atoms with Gasteiger partial charge in [-0.05, 0) is 52.0 Å². The van der Waals surface area contributed by atoms with Crippen LogP contribution in [0.25, 0.3) is 0 Å². The van der Waals surface area contributed by atoms with Crippen LogP contribution in [0.15, 0.2) is 0 Å². The van der Waals surface area contributed by atoms with Crippen molar-refractivity contribution in [2.75, 3.05) is 32.7 Å². The Morgan fingerprint density at radius 1 is 0.950 bits per heavy atom. The highest BCUT2D eigenvalue weighted by Crippen LogP contribution is 2.27. The summed E-state index contributed by atoms with van der Waals surface area (Å²) in [6.45, 7) is 12.4. The second kappa shape index (κ2) is 10.2. The van der Waals surface area contributed by atoms with Gasteiger partial charge in [-0.2, -0.15) is 5.26 Å². The Morgan fingerprint density at radius 2 is 1.65 bits per heavy atom. The highest BCUT2D eigenvalue weighted by Gasteiger charge is 2.27. The average molecular weight is 279 g/mol. The Kier molecular flexibility index (Phi) is 8.89. The first-order valence-electron chi connectivity index (χ1n) is 8.62. The lowest BCUT2D eigenvalue weighted by Gasteiger charge is -2.33. The van der Waals surface area contributed by atoms with Crippen molar-refractivity contribution in [3.8, 4) is 6.07 Å². The summed E-state index contributed by atoms with van der Waals surface area (Å²) in [4.78, 5) is 5.06. The van der Waals surface area contributed by atoms with Crippen molar-refractivity contribution >= 4 is 0 Å². The fourth-order valence-corrected chi connectivity index (χ4v) is 3.47. The molecule has 1 aliphatic rings. The van der Waals surface area contributed by atoms with Crippen LogP contribution in [0.3, 0.4) is 0 Å². The van der Waals surface area contributed by atoms with Gasteiger partial charge in [-0.3, -0.25) is 4.90 Å². The van der Waals surface area contributed by atoms with E-state index in [0.717, 1.165) is 32.6 Å². The molecule has 2 atom stereocenters. The molecule has 0 amide bonds. The lowest BCUT2D eigenvalue weighted by Crippen LogP contribution is -2.41. The van der Waals surface area contributed by atoms with Gasteiger partial charge in [0, 0.05) is 6.04 Å². The van der Waals surface area contributed by atoms with Crippen molar-refractivity contribution in [3.05, 3.63) is 0 Å². The van der Waals surface area contributed by atoms with E-state index in [2.05, 4.69) is 36.6 Å². The van der Waals surface area contributed by atoms with E-state index in [1.807, 2.05) is 0 Å². The number of nitriles is 1. The van der Waals surface area contributed by atoms with Crippen LogP contribution >= 0.6 is 0 Å². The molecule has 0 aromatic rings. The number of rotatable bonds is 8. The smallest absolute Gasteiger partial charge is 0.0672 e. The zero-order chi connectivity index (χ0) is 14.8. The van der Waals surface area contributed by atoms with E-state index >= 15 is 0 Å². The molecule has 1 fully saturated rings. The maximum atomic E-state index is 9.44. The Morgan fingerprint density at radius 3 is 2.25 bits per heavy atom. The first-order valence-corrected chi connectivity index (χ1v) is 8.62. The lowest BCUT2D eigenvalue weighted by atomic mass is 9.94. The van der Waals surface area contributed by atoms with Crippen molar-refractivity contribution in [1.82, 2.24) is 9.80 Å². The molecule has 0 aliphatic heterocycles. The zero-order valence-corrected chi connectivity index (χ0v) is 13.8. The minimum absolute atomic E-state index is 0.255. The van der Waals surface area contributed by atoms with Gasteiger partial charge in [0.2, 0.25) is 0 Å². The van der Waals surface area contributed by atoms with Crippen LogP contribution in [0.5, 0.6) is 0 Å². The second-order valence-corrected chi connectivity index (χ2v) is 5.95. The summed E-state index contributed by atoms with van der Waals surface area (Å²) >= 11 is 0. The molecule has 116 valence electrons. The van der Waals surface area contributed by atoms with Crippen LogP contribution in [0.2, 0.25) is 0 Å². The van der Waals surface area contributed by atoms with Crippen molar-refractivity contribution in [2.24, 2.45) is 5.92 Å². The molecule has 2 unspecified atom stereocenters. The minimum Gasteiger partial charge on any atom is -0.304 e. The molecule has 0 heterocycles. The summed E-state index contributed by atoms with van der Waals surface area (Å²) in [7, 11) is 0. The zero-order valence-electron chi connectivity index (χ0n) is 13.8. The summed E-state index contributed by atoms with van der Waals surface area (Å²) in [6, 6.07) is 3.08. The quantitative estimate of drug-likeness (QED) is 0.637. The standard InChI is InChI=1S/C17H33N3/c1-4-19(5-2)13-10-14-20(6-3)17-12-9-7-8-11-16(17)15-18/h16-17H,4-14H2,1-3H3. The summed E-state index contributed by atoms with van der Waals surface area (Å²) in [5.74, 6) is 0.255. The normalized spacial score (nSPS) is 23.8. The SMILES string of the molecule is CCN(CC)CCCN(CC)C1CCCCCC1C#N. The molecule has 20 heavy (non-hydrogen) atoms. The highest BCUT2D eigenvalue weighted by atomic mass is 15.2. The Hall–Kier alpha value is -0.590. The van der Waals surface area contributed by atoms with Gasteiger partial charge in [0.05, 0.1) is 12.0 Å². The number of hydrogen-bond donors (Lipinski definition) is 0. The Labute approximate surface area is 125 Å². The first kappa shape index (κ1) is 17.5. The molecule has 0 aromatic heterocycles. The van der Waals surface area contributed by atoms with Gasteiger partial charge < -0.3 is 4.90 Å². The van der Waals surface area contributed by atoms with Gasteiger partial charge in [0.25, 0.3) is 0 Å². The van der Waals surface area contributed by atoms with Crippen LogP contribution < -0.4 is 0 Å². The molecule has 0 aromatic carbocycles. The average Bonchev–Trinajstić information content (AvgIpc) is 2.73. The molecule has 3 heteroatoms. The molecule has 0 spiro atoms. The Bertz CT molecular complexity index is 280. The van der Waals surface area contributed by atoms with Crippen LogP contribution in [0.1, 0.15) is 59.3 Å². The van der Waals surface area contributed by atoms with Crippen LogP contribution in [0.4, 0.5) is 0 Å². The van der Waals surface area contributed by atoms with Crippen molar-refractivity contribution in [1.29, 1.82) is 5.26 Å². The molecular weight excluding hydrogens is 246 g/mol. The Balaban J connectivity index is 2.48. The summed E-state index contributed by atoms with van der Waals surface area (Å²) in [5, 5.41) is 9.44.